The highest BCUT2D eigenvalue weighted by molar-refractivity contribution is 7.89. The number of piperidine rings is 1. The predicted molar refractivity (Wildman–Crippen MR) is 95.3 cm³/mol. The molecule has 8 heteroatoms. The van der Waals surface area contributed by atoms with E-state index in [1.807, 2.05) is 0 Å². The van der Waals surface area contributed by atoms with Crippen LogP contribution in [0.5, 0.6) is 5.75 Å². The average Bonchev–Trinajstić information content (AvgIpc) is 3.17. The van der Waals surface area contributed by atoms with Crippen LogP contribution in [0.2, 0.25) is 0 Å². The van der Waals surface area contributed by atoms with Crippen molar-refractivity contribution < 1.29 is 17.9 Å². The molecular weight excluding hydrogens is 342 g/mol. The maximum Gasteiger partial charge on any atom is 0.246 e. The van der Waals surface area contributed by atoms with E-state index in [1.54, 1.807) is 12.1 Å². The number of ether oxygens (including phenoxy) is 1. The number of amides is 1. The van der Waals surface area contributed by atoms with Crippen LogP contribution < -0.4 is 15.4 Å². The van der Waals surface area contributed by atoms with E-state index in [0.717, 1.165) is 38.6 Å². The number of hydrogen-bond donors (Lipinski definition) is 2. The Balaban J connectivity index is 1.85. The Morgan fingerprint density at radius 2 is 2.00 bits per heavy atom. The van der Waals surface area contributed by atoms with Gasteiger partial charge in [0, 0.05) is 18.8 Å². The molecule has 1 unspecified atom stereocenters. The first kappa shape index (κ1) is 18.2. The molecule has 1 amide bonds. The fraction of sp³-hybridized carbons (Fsp3) is 0.588. The van der Waals surface area contributed by atoms with Gasteiger partial charge in [0.05, 0.1) is 13.2 Å². The molecule has 1 aromatic rings. The highest BCUT2D eigenvalue weighted by atomic mass is 32.2. The zero-order valence-corrected chi connectivity index (χ0v) is 15.3. The first-order chi connectivity index (χ1) is 12.0. The van der Waals surface area contributed by atoms with Gasteiger partial charge in [0.25, 0.3) is 0 Å². The fourth-order valence-electron chi connectivity index (χ4n) is 3.34. The molecule has 0 spiro atoms. The Morgan fingerprint density at radius 3 is 2.64 bits per heavy atom. The van der Waals surface area contributed by atoms with E-state index in [4.69, 9.17) is 4.74 Å². The molecule has 0 radical (unpaired) electrons. The SMILES string of the molecule is COc1ccc(NC(=O)C2CCCN2)cc1S(=O)(=O)N1CCCCC1. The molecule has 138 valence electrons. The molecular formula is C17H25N3O4S. The van der Waals surface area contributed by atoms with E-state index in [-0.39, 0.29) is 16.8 Å². The molecule has 2 fully saturated rings. The van der Waals surface area contributed by atoms with E-state index in [2.05, 4.69) is 10.6 Å². The number of nitrogens with zero attached hydrogens (tertiary/aromatic N) is 1. The van der Waals surface area contributed by atoms with Crippen LogP contribution in [0, 0.1) is 0 Å². The average molecular weight is 367 g/mol. The monoisotopic (exact) mass is 367 g/mol. The van der Waals surface area contributed by atoms with E-state index >= 15 is 0 Å². The molecule has 2 saturated heterocycles. The zero-order valence-electron chi connectivity index (χ0n) is 14.5. The third-order valence-electron chi connectivity index (χ3n) is 4.74. The van der Waals surface area contributed by atoms with Crippen LogP contribution >= 0.6 is 0 Å². The van der Waals surface area contributed by atoms with Gasteiger partial charge in [-0.2, -0.15) is 4.31 Å². The number of sulfonamides is 1. The second-order valence-corrected chi connectivity index (χ2v) is 8.37. The van der Waals surface area contributed by atoms with Gasteiger partial charge in [-0.25, -0.2) is 8.42 Å². The maximum absolute atomic E-state index is 13.0. The number of hydrogen-bond acceptors (Lipinski definition) is 5. The molecule has 7 nitrogen and oxygen atoms in total. The third kappa shape index (κ3) is 3.96. The lowest BCUT2D eigenvalue weighted by Crippen LogP contribution is -2.36. The van der Waals surface area contributed by atoms with Gasteiger partial charge < -0.3 is 15.4 Å². The van der Waals surface area contributed by atoms with E-state index in [0.29, 0.717) is 24.5 Å². The summed E-state index contributed by atoms with van der Waals surface area (Å²) < 4.78 is 32.7. The first-order valence-electron chi connectivity index (χ1n) is 8.75. The highest BCUT2D eigenvalue weighted by Gasteiger charge is 2.29. The van der Waals surface area contributed by atoms with Crippen molar-refractivity contribution in [3.8, 4) is 5.75 Å². The standard InChI is InChI=1S/C17H25N3O4S/c1-24-15-8-7-13(19-17(21)14-6-5-9-18-14)12-16(15)25(22,23)20-10-3-2-4-11-20/h7-8,12,14,18H,2-6,9-11H2,1H3,(H,19,21). The number of methoxy groups -OCH3 is 1. The molecule has 2 aliphatic heterocycles. The Labute approximate surface area is 148 Å². The lowest BCUT2D eigenvalue weighted by atomic mass is 10.2. The molecule has 2 aliphatic rings. The largest absolute Gasteiger partial charge is 0.495 e. The molecule has 1 atom stereocenters. The second-order valence-electron chi connectivity index (χ2n) is 6.47. The first-order valence-corrected chi connectivity index (χ1v) is 10.2. The van der Waals surface area contributed by atoms with Gasteiger partial charge in [0.1, 0.15) is 10.6 Å². The van der Waals surface area contributed by atoms with Crippen LogP contribution in [-0.2, 0) is 14.8 Å². The quantitative estimate of drug-likeness (QED) is 0.825. The van der Waals surface area contributed by atoms with Crippen molar-refractivity contribution in [3.63, 3.8) is 0 Å². The normalized spacial score (nSPS) is 21.9. The molecule has 3 rings (SSSR count). The maximum atomic E-state index is 13.0. The zero-order chi connectivity index (χ0) is 17.9. The van der Waals surface area contributed by atoms with Crippen molar-refractivity contribution >= 4 is 21.6 Å². The minimum atomic E-state index is -3.64. The van der Waals surface area contributed by atoms with Gasteiger partial charge in [0.2, 0.25) is 15.9 Å². The summed E-state index contributed by atoms with van der Waals surface area (Å²) in [5.74, 6) is 0.159. The van der Waals surface area contributed by atoms with Crippen molar-refractivity contribution in [1.82, 2.24) is 9.62 Å². The lowest BCUT2D eigenvalue weighted by Gasteiger charge is -2.26. The van der Waals surface area contributed by atoms with Crippen LogP contribution in [0.15, 0.2) is 23.1 Å². The molecule has 0 bridgehead atoms. The molecule has 0 saturated carbocycles. The Bertz CT molecular complexity index is 723. The van der Waals surface area contributed by atoms with Crippen molar-refractivity contribution in [2.45, 2.75) is 43.0 Å². The summed E-state index contributed by atoms with van der Waals surface area (Å²) in [6, 6.07) is 4.54. The summed E-state index contributed by atoms with van der Waals surface area (Å²) in [5, 5.41) is 5.94. The van der Waals surface area contributed by atoms with Gasteiger partial charge >= 0.3 is 0 Å². The minimum Gasteiger partial charge on any atom is -0.495 e. The third-order valence-corrected chi connectivity index (χ3v) is 6.66. The van der Waals surface area contributed by atoms with E-state index < -0.39 is 10.0 Å². The summed E-state index contributed by atoms with van der Waals surface area (Å²) in [6.07, 6.45) is 4.54. The highest BCUT2D eigenvalue weighted by Crippen LogP contribution is 2.31. The van der Waals surface area contributed by atoms with Gasteiger partial charge in [-0.1, -0.05) is 6.42 Å². The lowest BCUT2D eigenvalue weighted by molar-refractivity contribution is -0.117. The Hall–Kier alpha value is -1.64. The predicted octanol–water partition coefficient (Wildman–Crippen LogP) is 1.56. The summed E-state index contributed by atoms with van der Waals surface area (Å²) in [7, 11) is -2.19. The van der Waals surface area contributed by atoms with Gasteiger partial charge in [0.15, 0.2) is 0 Å². The van der Waals surface area contributed by atoms with Gasteiger partial charge in [-0.15, -0.1) is 0 Å². The smallest absolute Gasteiger partial charge is 0.246 e. The van der Waals surface area contributed by atoms with Gasteiger partial charge in [-0.05, 0) is 50.4 Å². The Kier molecular flexibility index (Phi) is 5.61. The number of nitrogens with one attached hydrogen (secondary N) is 2. The number of carbonyl (C=O) groups is 1. The van der Waals surface area contributed by atoms with Crippen LogP contribution in [-0.4, -0.2) is 51.4 Å². The van der Waals surface area contributed by atoms with Crippen LogP contribution in [0.3, 0.4) is 0 Å². The van der Waals surface area contributed by atoms with Crippen LogP contribution in [0.1, 0.15) is 32.1 Å². The molecule has 2 N–H and O–H groups in total. The number of anilines is 1. The molecule has 0 aromatic heterocycles. The summed E-state index contributed by atoms with van der Waals surface area (Å²) in [5.41, 5.74) is 0.468. The van der Waals surface area contributed by atoms with Gasteiger partial charge in [-0.3, -0.25) is 4.79 Å². The molecule has 1 aromatic carbocycles. The molecule has 2 heterocycles. The molecule has 25 heavy (non-hydrogen) atoms. The fourth-order valence-corrected chi connectivity index (χ4v) is 5.04. The number of benzene rings is 1. The summed E-state index contributed by atoms with van der Waals surface area (Å²) in [6.45, 7) is 1.87. The number of carbonyl (C=O) groups excluding carboxylic acids is 1. The van der Waals surface area contributed by atoms with E-state index in [1.165, 1.54) is 17.5 Å². The molecule has 0 aliphatic carbocycles. The summed E-state index contributed by atoms with van der Waals surface area (Å²) >= 11 is 0. The van der Waals surface area contributed by atoms with Crippen molar-refractivity contribution in [1.29, 1.82) is 0 Å². The number of rotatable bonds is 5. The van der Waals surface area contributed by atoms with Crippen LogP contribution in [0.4, 0.5) is 5.69 Å². The van der Waals surface area contributed by atoms with E-state index in [9.17, 15) is 13.2 Å². The van der Waals surface area contributed by atoms with Crippen molar-refractivity contribution in [3.05, 3.63) is 18.2 Å². The second kappa shape index (κ2) is 7.72. The minimum absolute atomic E-state index is 0.106. The van der Waals surface area contributed by atoms with Crippen molar-refractivity contribution in [2.75, 3.05) is 32.1 Å². The topological polar surface area (TPSA) is 87.7 Å². The summed E-state index contributed by atoms with van der Waals surface area (Å²) in [4.78, 5) is 12.4. The van der Waals surface area contributed by atoms with Crippen LogP contribution in [0.25, 0.3) is 0 Å². The van der Waals surface area contributed by atoms with Crippen molar-refractivity contribution in [2.24, 2.45) is 0 Å². The Morgan fingerprint density at radius 1 is 1.24 bits per heavy atom.